The molecule has 1 aromatic carbocycles. The van der Waals surface area contributed by atoms with E-state index in [9.17, 15) is 9.59 Å². The molecule has 0 fully saturated rings. The zero-order valence-electron chi connectivity index (χ0n) is 24.3. The van der Waals surface area contributed by atoms with Crippen molar-refractivity contribution in [3.8, 4) is 5.75 Å². The van der Waals surface area contributed by atoms with Crippen LogP contribution in [0.2, 0.25) is 0 Å². The number of ether oxygens (including phenoxy) is 1. The molecule has 0 atom stereocenters. The number of hydrogen-bond acceptors (Lipinski definition) is 5. The molecule has 0 saturated heterocycles. The van der Waals surface area contributed by atoms with Gasteiger partial charge in [0.25, 0.3) is 5.56 Å². The van der Waals surface area contributed by atoms with Crippen molar-refractivity contribution in [2.45, 2.75) is 110 Å². The average Bonchev–Trinajstić information content (AvgIpc) is 3.53. The molecule has 4 rings (SSSR count). The third-order valence-corrected chi connectivity index (χ3v) is 8.12. The van der Waals surface area contributed by atoms with Crippen LogP contribution in [0.5, 0.6) is 5.75 Å². The third-order valence-electron chi connectivity index (χ3n) is 8.12. The summed E-state index contributed by atoms with van der Waals surface area (Å²) < 4.78 is 10.2. The lowest BCUT2D eigenvalue weighted by Crippen LogP contribution is -2.39. The maximum Gasteiger partial charge on any atom is 0.332 e. The van der Waals surface area contributed by atoms with Crippen LogP contribution in [0.15, 0.2) is 33.9 Å². The van der Waals surface area contributed by atoms with E-state index in [1.807, 2.05) is 28.8 Å². The lowest BCUT2D eigenvalue weighted by Gasteiger charge is -2.16. The second-order valence-corrected chi connectivity index (χ2v) is 11.0. The summed E-state index contributed by atoms with van der Waals surface area (Å²) in [5, 5.41) is 0. The Balaban J connectivity index is 1.28. The number of fused-ring (bicyclic) bond motifs is 3. The minimum atomic E-state index is -0.282. The Morgan fingerprint density at radius 2 is 1.36 bits per heavy atom. The van der Waals surface area contributed by atoms with Gasteiger partial charge in [-0.3, -0.25) is 13.9 Å². The summed E-state index contributed by atoms with van der Waals surface area (Å²) in [6.45, 7) is 4.11. The van der Waals surface area contributed by atoms with E-state index >= 15 is 0 Å². The van der Waals surface area contributed by atoms with Gasteiger partial charge in [0, 0.05) is 32.4 Å². The minimum Gasteiger partial charge on any atom is -0.497 e. The van der Waals surface area contributed by atoms with E-state index in [-0.39, 0.29) is 11.2 Å². The average molecular weight is 538 g/mol. The second-order valence-electron chi connectivity index (χ2n) is 11.0. The molecule has 1 aliphatic heterocycles. The summed E-state index contributed by atoms with van der Waals surface area (Å²) in [4.78, 5) is 33.4. The molecule has 0 amide bonds. The van der Waals surface area contributed by atoms with Crippen molar-refractivity contribution in [1.29, 1.82) is 0 Å². The Bertz CT molecular complexity index is 1300. The number of benzene rings is 1. The number of imidazole rings is 1. The molecule has 3 heterocycles. The summed E-state index contributed by atoms with van der Waals surface area (Å²) in [5.74, 6) is 1.50. The van der Waals surface area contributed by atoms with Crippen LogP contribution < -0.4 is 20.9 Å². The van der Waals surface area contributed by atoms with Crippen molar-refractivity contribution >= 4 is 22.8 Å². The number of methoxy groups -OCH3 is 1. The van der Waals surface area contributed by atoms with Crippen molar-refractivity contribution in [3.05, 3.63) is 45.1 Å². The number of unbranched alkanes of at least 4 members (excludes halogenated alkanes) is 13. The molecule has 8 heteroatoms. The number of aryl methyl sites for hydroxylation is 1. The topological polar surface area (TPSA) is 74.3 Å². The molecule has 0 unspecified atom stereocenters. The van der Waals surface area contributed by atoms with Gasteiger partial charge in [0.1, 0.15) is 5.75 Å². The monoisotopic (exact) mass is 537 g/mol. The zero-order chi connectivity index (χ0) is 27.6. The Labute approximate surface area is 232 Å². The van der Waals surface area contributed by atoms with Crippen molar-refractivity contribution < 1.29 is 4.74 Å². The Morgan fingerprint density at radius 3 is 1.92 bits per heavy atom. The molecule has 1 aliphatic rings. The molecule has 0 bridgehead atoms. The van der Waals surface area contributed by atoms with Crippen LogP contribution in [0.25, 0.3) is 11.2 Å². The molecule has 0 saturated carbocycles. The third kappa shape index (κ3) is 6.95. The number of rotatable bonds is 17. The van der Waals surface area contributed by atoms with Crippen molar-refractivity contribution in [3.63, 3.8) is 0 Å². The first kappa shape index (κ1) is 29.0. The highest BCUT2D eigenvalue weighted by atomic mass is 16.5. The van der Waals surface area contributed by atoms with Gasteiger partial charge in [0.05, 0.1) is 7.11 Å². The lowest BCUT2D eigenvalue weighted by atomic mass is 10.0. The van der Waals surface area contributed by atoms with E-state index in [4.69, 9.17) is 9.72 Å². The van der Waals surface area contributed by atoms with E-state index in [1.165, 1.54) is 79.8 Å². The molecule has 3 aromatic rings. The van der Waals surface area contributed by atoms with Gasteiger partial charge in [0.2, 0.25) is 5.95 Å². The molecule has 214 valence electrons. The molecule has 0 aliphatic carbocycles. The van der Waals surface area contributed by atoms with E-state index in [0.717, 1.165) is 37.2 Å². The minimum absolute atomic E-state index is 0.224. The van der Waals surface area contributed by atoms with E-state index in [2.05, 4.69) is 11.8 Å². The van der Waals surface area contributed by atoms with Crippen LogP contribution in [0.4, 0.5) is 11.6 Å². The van der Waals surface area contributed by atoms with Crippen LogP contribution in [0.1, 0.15) is 96.8 Å². The van der Waals surface area contributed by atoms with Gasteiger partial charge in [-0.1, -0.05) is 90.4 Å². The van der Waals surface area contributed by atoms with Gasteiger partial charge in [-0.2, -0.15) is 4.98 Å². The van der Waals surface area contributed by atoms with E-state index in [1.54, 1.807) is 14.2 Å². The molecular weight excluding hydrogens is 490 g/mol. The predicted molar refractivity (Wildman–Crippen MR) is 160 cm³/mol. The zero-order valence-corrected chi connectivity index (χ0v) is 24.3. The second kappa shape index (κ2) is 14.4. The van der Waals surface area contributed by atoms with Gasteiger partial charge < -0.3 is 14.2 Å². The first-order valence-corrected chi connectivity index (χ1v) is 15.2. The normalized spacial score (nSPS) is 12.9. The van der Waals surface area contributed by atoms with Crippen molar-refractivity contribution in [2.24, 2.45) is 7.05 Å². The fourth-order valence-electron chi connectivity index (χ4n) is 5.75. The first-order chi connectivity index (χ1) is 19.1. The van der Waals surface area contributed by atoms with Crippen LogP contribution in [0, 0.1) is 0 Å². The van der Waals surface area contributed by atoms with E-state index < -0.39 is 0 Å². The van der Waals surface area contributed by atoms with Crippen LogP contribution in [-0.4, -0.2) is 32.3 Å². The highest BCUT2D eigenvalue weighted by Crippen LogP contribution is 2.32. The number of hydrogen-bond donors (Lipinski definition) is 0. The number of nitrogens with zero attached hydrogens (tertiary/aromatic N) is 5. The highest BCUT2D eigenvalue weighted by Gasteiger charge is 2.28. The van der Waals surface area contributed by atoms with Crippen LogP contribution in [-0.2, 0) is 20.1 Å². The Kier molecular flexibility index (Phi) is 10.7. The van der Waals surface area contributed by atoms with Crippen molar-refractivity contribution in [2.75, 3.05) is 18.6 Å². The maximum absolute atomic E-state index is 13.5. The Hall–Kier alpha value is -3.03. The maximum atomic E-state index is 13.5. The van der Waals surface area contributed by atoms with Gasteiger partial charge in [-0.15, -0.1) is 0 Å². The number of aromatic nitrogens is 4. The predicted octanol–water partition coefficient (Wildman–Crippen LogP) is 6.54. The summed E-state index contributed by atoms with van der Waals surface area (Å²) in [7, 11) is 3.36. The summed E-state index contributed by atoms with van der Waals surface area (Å²) >= 11 is 0. The highest BCUT2D eigenvalue weighted by molar-refractivity contribution is 5.77. The van der Waals surface area contributed by atoms with Gasteiger partial charge in [-0.25, -0.2) is 4.79 Å². The van der Waals surface area contributed by atoms with Gasteiger partial charge >= 0.3 is 5.69 Å². The molecule has 0 spiro atoms. The fourth-order valence-corrected chi connectivity index (χ4v) is 5.75. The summed E-state index contributed by atoms with van der Waals surface area (Å²) in [6.07, 6.45) is 17.9. The summed E-state index contributed by atoms with van der Waals surface area (Å²) in [5.41, 5.74) is 1.45. The Morgan fingerprint density at radius 1 is 0.795 bits per heavy atom. The molecule has 2 aromatic heterocycles. The standard InChI is InChI=1S/C31H47N5O3/c1-4-5-6-7-8-9-10-11-12-13-14-15-16-17-22-36-29(37)27-28(33(2)31(36)38)32-30-34(23-24-35(27)30)25-18-20-26(39-3)21-19-25/h18-21H,4-17,22-24H2,1-3H3. The lowest BCUT2D eigenvalue weighted by molar-refractivity contribution is 0.415. The number of anilines is 2. The van der Waals surface area contributed by atoms with Gasteiger partial charge in [-0.05, 0) is 30.7 Å². The largest absolute Gasteiger partial charge is 0.497 e. The molecule has 0 N–H and O–H groups in total. The van der Waals surface area contributed by atoms with Crippen LogP contribution in [0.3, 0.4) is 0 Å². The first-order valence-electron chi connectivity index (χ1n) is 15.2. The van der Waals surface area contributed by atoms with Gasteiger partial charge in [0.15, 0.2) is 11.2 Å². The van der Waals surface area contributed by atoms with Crippen LogP contribution >= 0.6 is 0 Å². The summed E-state index contributed by atoms with van der Waals surface area (Å²) in [6, 6.07) is 7.81. The molecule has 0 radical (unpaired) electrons. The fraction of sp³-hybridized carbons (Fsp3) is 0.645. The molecular formula is C31H47N5O3. The quantitative estimate of drug-likeness (QED) is 0.183. The molecule has 8 nitrogen and oxygen atoms in total. The SMILES string of the molecule is CCCCCCCCCCCCCCCCn1c(=O)c2c(nc3n2CCN3c2ccc(OC)cc2)n(C)c1=O. The van der Waals surface area contributed by atoms with E-state index in [0.29, 0.717) is 30.2 Å². The molecule has 39 heavy (non-hydrogen) atoms. The smallest absolute Gasteiger partial charge is 0.332 e. The van der Waals surface area contributed by atoms with Crippen molar-refractivity contribution in [1.82, 2.24) is 18.7 Å².